The van der Waals surface area contributed by atoms with Gasteiger partial charge in [0.25, 0.3) is 0 Å². The van der Waals surface area contributed by atoms with E-state index < -0.39 is 78.5 Å². The number of carboxylic acid groups (broad SMARTS) is 2. The summed E-state index contributed by atoms with van der Waals surface area (Å²) in [6.45, 7) is 1.22. The Bertz CT molecular complexity index is 741. The number of aliphatic carboxylic acids is 2. The molecule has 0 bridgehead atoms. The van der Waals surface area contributed by atoms with E-state index in [9.17, 15) is 33.6 Å². The molecule has 0 aromatic heterocycles. The van der Waals surface area contributed by atoms with Crippen molar-refractivity contribution in [1.82, 2.24) is 16.0 Å². The number of carbonyl (C=O) groups excluding carboxylic acids is 5. The molecule has 4 atom stereocenters. The fraction of sp³-hybridized carbons (Fsp3) is 0.562. The van der Waals surface area contributed by atoms with E-state index in [0.29, 0.717) is 0 Å². The highest BCUT2D eigenvalue weighted by Gasteiger charge is 2.30. The highest BCUT2D eigenvalue weighted by atomic mass is 16.4. The molecule has 0 radical (unpaired) electrons. The molecule has 5 amide bonds. The Morgan fingerprint density at radius 1 is 0.774 bits per heavy atom. The zero-order valence-electron chi connectivity index (χ0n) is 16.6. The van der Waals surface area contributed by atoms with Crippen LogP contribution in [0.4, 0.5) is 0 Å². The molecule has 0 saturated heterocycles. The molecule has 11 N–H and O–H groups in total. The smallest absolute Gasteiger partial charge is 0.326 e. The zero-order valence-corrected chi connectivity index (χ0v) is 16.6. The lowest BCUT2D eigenvalue weighted by molar-refractivity contribution is -0.144. The van der Waals surface area contributed by atoms with Gasteiger partial charge in [-0.05, 0) is 13.3 Å². The van der Waals surface area contributed by atoms with Crippen LogP contribution in [0.3, 0.4) is 0 Å². The second kappa shape index (κ2) is 12.7. The third-order valence-electron chi connectivity index (χ3n) is 3.82. The summed E-state index contributed by atoms with van der Waals surface area (Å²) < 4.78 is 0. The quantitative estimate of drug-likeness (QED) is 0.126. The Morgan fingerprint density at radius 3 is 1.77 bits per heavy atom. The maximum Gasteiger partial charge on any atom is 0.326 e. The van der Waals surface area contributed by atoms with Crippen LogP contribution >= 0.6 is 0 Å². The van der Waals surface area contributed by atoms with Crippen molar-refractivity contribution in [3.63, 3.8) is 0 Å². The number of hydrogen-bond donors (Lipinski definition) is 8. The van der Waals surface area contributed by atoms with Crippen molar-refractivity contribution in [1.29, 1.82) is 0 Å². The van der Waals surface area contributed by atoms with E-state index in [-0.39, 0.29) is 12.8 Å². The van der Waals surface area contributed by atoms with Crippen LogP contribution in [0.5, 0.6) is 0 Å². The zero-order chi connectivity index (χ0) is 24.3. The van der Waals surface area contributed by atoms with E-state index in [1.165, 1.54) is 6.92 Å². The van der Waals surface area contributed by atoms with Crippen LogP contribution in [0.15, 0.2) is 0 Å². The number of nitrogens with two attached hydrogens (primary N) is 3. The van der Waals surface area contributed by atoms with Crippen LogP contribution in [0.25, 0.3) is 0 Å². The molecular weight excluding hydrogens is 420 g/mol. The van der Waals surface area contributed by atoms with Crippen LogP contribution in [0.2, 0.25) is 0 Å². The van der Waals surface area contributed by atoms with Gasteiger partial charge in [-0.25, -0.2) is 4.79 Å². The van der Waals surface area contributed by atoms with Gasteiger partial charge in [0.2, 0.25) is 29.5 Å². The summed E-state index contributed by atoms with van der Waals surface area (Å²) in [7, 11) is 0. The van der Waals surface area contributed by atoms with Crippen molar-refractivity contribution in [2.75, 3.05) is 0 Å². The van der Waals surface area contributed by atoms with Gasteiger partial charge in [0, 0.05) is 6.42 Å². The highest BCUT2D eigenvalue weighted by Crippen LogP contribution is 2.00. The standard InChI is InChI=1S/C16H26N6O9/c1-6(20-14(28)7(17)2-3-10(18)23)13(27)21-8(5-12(25)26)15(29)22-9(16(30)31)4-11(19)24/h6-9H,2-5,17H2,1H3,(H2,18,23)(H2,19,24)(H,20,28)(H,21,27)(H,22,29)(H,25,26)(H,30,31). The number of carbonyl (C=O) groups is 7. The topological polar surface area (TPSA) is 274 Å². The van der Waals surface area contributed by atoms with Gasteiger partial charge in [-0.2, -0.15) is 0 Å². The van der Waals surface area contributed by atoms with Crippen LogP contribution in [-0.2, 0) is 33.6 Å². The minimum Gasteiger partial charge on any atom is -0.481 e. The van der Waals surface area contributed by atoms with Crippen molar-refractivity contribution in [2.45, 2.75) is 56.8 Å². The summed E-state index contributed by atoms with van der Waals surface area (Å²) in [4.78, 5) is 80.2. The first-order valence-electron chi connectivity index (χ1n) is 8.92. The Kier molecular flexibility index (Phi) is 11.2. The number of hydrogen-bond acceptors (Lipinski definition) is 8. The summed E-state index contributed by atoms with van der Waals surface area (Å²) in [6, 6.07) is -5.87. The molecule has 15 heteroatoms. The van der Waals surface area contributed by atoms with Gasteiger partial charge in [0.15, 0.2) is 0 Å². The van der Waals surface area contributed by atoms with Gasteiger partial charge in [-0.15, -0.1) is 0 Å². The molecule has 4 unspecified atom stereocenters. The molecule has 0 fully saturated rings. The molecule has 15 nitrogen and oxygen atoms in total. The molecule has 0 aromatic carbocycles. The van der Waals surface area contributed by atoms with Crippen molar-refractivity contribution in [2.24, 2.45) is 17.2 Å². The van der Waals surface area contributed by atoms with E-state index >= 15 is 0 Å². The molecular formula is C16H26N6O9. The minimum atomic E-state index is -1.74. The highest BCUT2D eigenvalue weighted by molar-refractivity contribution is 5.96. The van der Waals surface area contributed by atoms with Crippen LogP contribution in [-0.4, -0.2) is 75.9 Å². The average Bonchev–Trinajstić information content (AvgIpc) is 2.63. The third kappa shape index (κ3) is 11.1. The van der Waals surface area contributed by atoms with Crippen LogP contribution in [0.1, 0.15) is 32.6 Å². The minimum absolute atomic E-state index is 0.0734. The van der Waals surface area contributed by atoms with E-state index in [1.54, 1.807) is 0 Å². The van der Waals surface area contributed by atoms with Crippen molar-refractivity contribution in [3.05, 3.63) is 0 Å². The number of carboxylic acids is 2. The molecule has 0 heterocycles. The van der Waals surface area contributed by atoms with Gasteiger partial charge < -0.3 is 43.4 Å². The SMILES string of the molecule is CC(NC(=O)C(N)CCC(N)=O)C(=O)NC(CC(=O)O)C(=O)NC(CC(N)=O)C(=O)O. The lowest BCUT2D eigenvalue weighted by Crippen LogP contribution is -2.57. The lowest BCUT2D eigenvalue weighted by Gasteiger charge is -2.22. The van der Waals surface area contributed by atoms with Crippen LogP contribution < -0.4 is 33.2 Å². The molecule has 0 saturated carbocycles. The maximum absolute atomic E-state index is 12.3. The van der Waals surface area contributed by atoms with E-state index in [0.717, 1.165) is 0 Å². The summed E-state index contributed by atoms with van der Waals surface area (Å²) >= 11 is 0. The maximum atomic E-state index is 12.3. The van der Waals surface area contributed by atoms with Gasteiger partial charge in [0.1, 0.15) is 18.1 Å². The third-order valence-corrected chi connectivity index (χ3v) is 3.82. The van der Waals surface area contributed by atoms with Gasteiger partial charge >= 0.3 is 11.9 Å². The summed E-state index contributed by atoms with van der Waals surface area (Å²) in [6.07, 6.45) is -1.91. The Balaban J connectivity index is 5.10. The molecule has 0 aliphatic heterocycles. The lowest BCUT2D eigenvalue weighted by atomic mass is 10.1. The van der Waals surface area contributed by atoms with E-state index in [2.05, 4.69) is 10.6 Å². The van der Waals surface area contributed by atoms with Crippen LogP contribution in [0, 0.1) is 0 Å². The summed E-state index contributed by atoms with van der Waals surface area (Å²) in [5.41, 5.74) is 15.4. The largest absolute Gasteiger partial charge is 0.481 e. The first-order valence-corrected chi connectivity index (χ1v) is 8.92. The molecule has 0 spiro atoms. The summed E-state index contributed by atoms with van der Waals surface area (Å²) in [5.74, 6) is -7.76. The molecule has 31 heavy (non-hydrogen) atoms. The number of nitrogens with one attached hydrogen (secondary N) is 3. The van der Waals surface area contributed by atoms with Gasteiger partial charge in [0.05, 0.1) is 18.9 Å². The Hall–Kier alpha value is -3.75. The first-order chi connectivity index (χ1) is 14.2. The Morgan fingerprint density at radius 2 is 1.32 bits per heavy atom. The van der Waals surface area contributed by atoms with Crippen molar-refractivity contribution in [3.8, 4) is 0 Å². The first kappa shape index (κ1) is 27.2. The molecule has 0 aromatic rings. The van der Waals surface area contributed by atoms with Gasteiger partial charge in [-0.3, -0.25) is 28.8 Å². The predicted octanol–water partition coefficient (Wildman–Crippen LogP) is -4.51. The van der Waals surface area contributed by atoms with Crippen molar-refractivity contribution < 1.29 is 43.8 Å². The van der Waals surface area contributed by atoms with E-state index in [4.69, 9.17) is 27.4 Å². The fourth-order valence-electron chi connectivity index (χ4n) is 2.17. The fourth-order valence-corrected chi connectivity index (χ4v) is 2.17. The number of rotatable bonds is 14. The number of amides is 5. The molecule has 0 aliphatic carbocycles. The Labute approximate surface area is 176 Å². The monoisotopic (exact) mass is 446 g/mol. The molecule has 0 rings (SSSR count). The second-order valence-electron chi connectivity index (χ2n) is 6.57. The van der Waals surface area contributed by atoms with Crippen molar-refractivity contribution >= 4 is 41.5 Å². The average molecular weight is 446 g/mol. The molecule has 174 valence electrons. The molecule has 0 aliphatic rings. The normalized spacial score (nSPS) is 14.3. The predicted molar refractivity (Wildman–Crippen MR) is 102 cm³/mol. The number of primary amides is 2. The summed E-state index contributed by atoms with van der Waals surface area (Å²) in [5, 5.41) is 24.2. The second-order valence-corrected chi connectivity index (χ2v) is 6.57. The van der Waals surface area contributed by atoms with E-state index in [1.807, 2.05) is 5.32 Å². The van der Waals surface area contributed by atoms with Gasteiger partial charge in [-0.1, -0.05) is 0 Å².